The summed E-state index contributed by atoms with van der Waals surface area (Å²) >= 11 is 5.59. The normalized spacial score (nSPS) is 14.0. The molecule has 0 saturated heterocycles. The predicted molar refractivity (Wildman–Crippen MR) is 66.3 cm³/mol. The number of hydrogen-bond acceptors (Lipinski definition) is 3. The fraction of sp³-hybridized carbons (Fsp3) is 0.364. The zero-order valence-electron chi connectivity index (χ0n) is 9.89. The van der Waals surface area contributed by atoms with Crippen molar-refractivity contribution in [3.63, 3.8) is 0 Å². The Kier molecular flexibility index (Phi) is 5.04. The first kappa shape index (κ1) is 16.8. The molecule has 0 spiro atoms. The molecule has 0 fully saturated rings. The maximum atomic E-state index is 12.1. The van der Waals surface area contributed by atoms with E-state index in [2.05, 4.69) is 0 Å². The minimum Gasteiger partial charge on any atom is -0.480 e. The highest BCUT2D eigenvalue weighted by atomic mass is 35.5. The van der Waals surface area contributed by atoms with Gasteiger partial charge < -0.3 is 5.11 Å². The van der Waals surface area contributed by atoms with E-state index in [0.29, 0.717) is 0 Å². The lowest BCUT2D eigenvalue weighted by Crippen LogP contribution is -2.26. The number of sulfone groups is 1. The van der Waals surface area contributed by atoms with Gasteiger partial charge in [-0.25, -0.2) is 8.42 Å². The van der Waals surface area contributed by atoms with Crippen LogP contribution in [0.5, 0.6) is 0 Å². The molecule has 20 heavy (non-hydrogen) atoms. The molecule has 0 radical (unpaired) electrons. The highest BCUT2D eigenvalue weighted by Gasteiger charge is 2.38. The molecule has 4 nitrogen and oxygen atoms in total. The van der Waals surface area contributed by atoms with Gasteiger partial charge in [-0.05, 0) is 17.7 Å². The van der Waals surface area contributed by atoms with Gasteiger partial charge in [0.25, 0.3) is 0 Å². The van der Waals surface area contributed by atoms with Crippen molar-refractivity contribution in [3.8, 4) is 0 Å². The topological polar surface area (TPSA) is 71.4 Å². The first-order chi connectivity index (χ1) is 9.03. The average molecular weight is 331 g/mol. The Morgan fingerprint density at radius 1 is 1.25 bits per heavy atom. The molecule has 0 bridgehead atoms. The molecule has 1 N–H and O–H groups in total. The molecule has 0 aromatic heterocycles. The first-order valence-corrected chi connectivity index (χ1v) is 7.39. The van der Waals surface area contributed by atoms with Gasteiger partial charge in [-0.3, -0.25) is 4.79 Å². The second kappa shape index (κ2) is 6.01. The lowest BCUT2D eigenvalue weighted by molar-refractivity contribution is -0.137. The summed E-state index contributed by atoms with van der Waals surface area (Å²) in [4.78, 5) is 11.1. The molecule has 112 valence electrons. The molecular formula is C11H10ClF3O4S. The van der Waals surface area contributed by atoms with E-state index in [1.165, 1.54) is 12.1 Å². The Bertz CT molecular complexity index is 581. The van der Waals surface area contributed by atoms with Crippen LogP contribution in [0, 0.1) is 0 Å². The van der Waals surface area contributed by atoms with Crippen LogP contribution in [0.25, 0.3) is 0 Å². The van der Waals surface area contributed by atoms with Crippen molar-refractivity contribution in [2.45, 2.75) is 17.8 Å². The van der Waals surface area contributed by atoms with Crippen LogP contribution in [0.15, 0.2) is 24.3 Å². The van der Waals surface area contributed by atoms with E-state index in [9.17, 15) is 26.4 Å². The highest BCUT2D eigenvalue weighted by Crippen LogP contribution is 2.28. The Hall–Kier alpha value is -1.28. The Morgan fingerprint density at radius 3 is 2.15 bits per heavy atom. The van der Waals surface area contributed by atoms with Crippen molar-refractivity contribution in [2.24, 2.45) is 0 Å². The molecule has 1 rings (SSSR count). The van der Waals surface area contributed by atoms with Crippen molar-refractivity contribution in [3.05, 3.63) is 34.9 Å². The zero-order chi connectivity index (χ0) is 15.6. The van der Waals surface area contributed by atoms with Gasteiger partial charge in [0.15, 0.2) is 15.1 Å². The van der Waals surface area contributed by atoms with Crippen LogP contribution in [0.1, 0.15) is 17.2 Å². The Morgan fingerprint density at radius 2 is 1.75 bits per heavy atom. The van der Waals surface area contributed by atoms with Crippen LogP contribution in [0.3, 0.4) is 0 Å². The van der Waals surface area contributed by atoms with Crippen molar-refractivity contribution in [1.29, 1.82) is 0 Å². The number of aliphatic carboxylic acids is 1. The number of alkyl halides is 3. The van der Waals surface area contributed by atoms with Gasteiger partial charge >= 0.3 is 12.1 Å². The lowest BCUT2D eigenvalue weighted by atomic mass is 10.1. The fourth-order valence-corrected chi connectivity index (χ4v) is 3.27. The van der Waals surface area contributed by atoms with Gasteiger partial charge in [0.2, 0.25) is 0 Å². The van der Waals surface area contributed by atoms with Gasteiger partial charge in [-0.1, -0.05) is 23.7 Å². The number of hydrogen-bond donors (Lipinski definition) is 1. The van der Waals surface area contributed by atoms with Crippen LogP contribution in [0.4, 0.5) is 13.2 Å². The van der Waals surface area contributed by atoms with Crippen LogP contribution < -0.4 is 0 Å². The summed E-state index contributed by atoms with van der Waals surface area (Å²) in [6, 6.07) is 4.86. The fourth-order valence-electron chi connectivity index (χ4n) is 1.52. The second-order valence-corrected chi connectivity index (χ2v) is 6.64. The molecule has 1 atom stereocenters. The van der Waals surface area contributed by atoms with Gasteiger partial charge in [0.1, 0.15) is 0 Å². The van der Waals surface area contributed by atoms with Gasteiger partial charge in [0.05, 0.1) is 12.2 Å². The molecule has 0 aliphatic heterocycles. The summed E-state index contributed by atoms with van der Waals surface area (Å²) in [5.74, 6) is -3.01. The molecular weight excluding hydrogens is 321 g/mol. The van der Waals surface area contributed by atoms with Crippen LogP contribution in [-0.4, -0.2) is 31.4 Å². The van der Waals surface area contributed by atoms with E-state index >= 15 is 0 Å². The van der Waals surface area contributed by atoms with E-state index in [1.807, 2.05) is 0 Å². The van der Waals surface area contributed by atoms with Crippen LogP contribution in [-0.2, 0) is 14.6 Å². The number of rotatable bonds is 5. The molecule has 0 saturated carbocycles. The summed E-state index contributed by atoms with van der Waals surface area (Å²) < 4.78 is 59.8. The third-order valence-corrected chi connectivity index (χ3v) is 4.64. The van der Waals surface area contributed by atoms with Crippen molar-refractivity contribution < 1.29 is 31.5 Å². The van der Waals surface area contributed by atoms with Crippen LogP contribution in [0.2, 0.25) is 5.02 Å². The van der Waals surface area contributed by atoms with E-state index in [4.69, 9.17) is 16.7 Å². The Balaban J connectivity index is 3.07. The number of halogens is 4. The first-order valence-electron chi connectivity index (χ1n) is 5.29. The number of carbonyl (C=O) groups is 1. The highest BCUT2D eigenvalue weighted by molar-refractivity contribution is 7.92. The smallest absolute Gasteiger partial charge is 0.390 e. The van der Waals surface area contributed by atoms with E-state index in [0.717, 1.165) is 12.1 Å². The van der Waals surface area contributed by atoms with Gasteiger partial charge in [-0.15, -0.1) is 0 Å². The summed E-state index contributed by atoms with van der Waals surface area (Å²) in [6.07, 6.45) is -6.26. The van der Waals surface area contributed by atoms with Gasteiger partial charge in [0, 0.05) is 5.02 Å². The number of benzene rings is 1. The standard InChI is InChI=1S/C11H10ClF3O4S/c12-8-3-1-7(2-4-8)9(10(16)17)20(18,19)6-5-11(13,14)15/h1-4,9H,5-6H2,(H,16,17). The third kappa shape index (κ3) is 4.68. The number of carboxylic acid groups (broad SMARTS) is 1. The molecule has 0 heterocycles. The average Bonchev–Trinajstić information content (AvgIpc) is 2.28. The molecule has 0 amide bonds. The van der Waals surface area contributed by atoms with Crippen molar-refractivity contribution >= 4 is 27.4 Å². The third-order valence-electron chi connectivity index (χ3n) is 2.43. The predicted octanol–water partition coefficient (Wildman–Crippen LogP) is 2.83. The summed E-state index contributed by atoms with van der Waals surface area (Å²) in [7, 11) is -4.48. The molecule has 9 heteroatoms. The summed E-state index contributed by atoms with van der Waals surface area (Å²) in [5, 5.41) is 7.18. The lowest BCUT2D eigenvalue weighted by Gasteiger charge is -2.15. The van der Waals surface area contributed by atoms with Crippen molar-refractivity contribution in [1.82, 2.24) is 0 Å². The van der Waals surface area contributed by atoms with E-state index < -0.39 is 39.4 Å². The minimum atomic E-state index is -4.67. The van der Waals surface area contributed by atoms with Gasteiger partial charge in [-0.2, -0.15) is 13.2 Å². The SMILES string of the molecule is O=C(O)C(c1ccc(Cl)cc1)S(=O)(=O)CCC(F)(F)F. The molecule has 0 aliphatic carbocycles. The maximum absolute atomic E-state index is 12.1. The van der Waals surface area contributed by atoms with E-state index in [-0.39, 0.29) is 10.6 Å². The second-order valence-electron chi connectivity index (χ2n) is 4.00. The largest absolute Gasteiger partial charge is 0.480 e. The van der Waals surface area contributed by atoms with E-state index in [1.54, 1.807) is 0 Å². The minimum absolute atomic E-state index is 0.135. The van der Waals surface area contributed by atoms with Crippen LogP contribution >= 0.6 is 11.6 Å². The monoisotopic (exact) mass is 330 g/mol. The summed E-state index contributed by atoms with van der Waals surface area (Å²) in [6.45, 7) is 0. The molecule has 1 aromatic rings. The summed E-state index contributed by atoms with van der Waals surface area (Å²) in [5.41, 5.74) is -0.135. The quantitative estimate of drug-likeness (QED) is 0.901. The zero-order valence-corrected chi connectivity index (χ0v) is 11.5. The molecule has 1 unspecified atom stereocenters. The maximum Gasteiger partial charge on any atom is 0.390 e. The van der Waals surface area contributed by atoms with Crippen molar-refractivity contribution in [2.75, 3.05) is 5.75 Å². The molecule has 0 aliphatic rings. The Labute approximate surface area is 118 Å². The molecule has 1 aromatic carbocycles. The number of carboxylic acids is 1.